The topological polar surface area (TPSA) is 96.9 Å². The Morgan fingerprint density at radius 1 is 1.20 bits per heavy atom. The van der Waals surface area contributed by atoms with E-state index in [0.29, 0.717) is 12.2 Å². The highest BCUT2D eigenvalue weighted by Gasteiger charge is 2.19. The molecule has 0 aliphatic rings. The molecule has 0 aliphatic carbocycles. The van der Waals surface area contributed by atoms with E-state index >= 15 is 0 Å². The standard InChI is InChI=1S/C12H15N5O2S/c1-2-7-13-10-5-3-4-6-11(10)20(18,19)17-12-14-8-9-15-16-12/h3-6,8-9,13H,2,7H2,1H3,(H,14,16,17). The van der Waals surface area contributed by atoms with Crippen LogP contribution in [-0.4, -0.2) is 30.1 Å². The van der Waals surface area contributed by atoms with Gasteiger partial charge in [0.1, 0.15) is 4.90 Å². The molecule has 2 aromatic rings. The van der Waals surface area contributed by atoms with Crippen molar-refractivity contribution in [3.05, 3.63) is 36.7 Å². The molecule has 0 atom stereocenters. The molecule has 2 N–H and O–H groups in total. The summed E-state index contributed by atoms with van der Waals surface area (Å²) in [6, 6.07) is 6.68. The molecule has 0 amide bonds. The minimum absolute atomic E-state index is 0.0576. The number of rotatable bonds is 6. The first-order valence-corrected chi connectivity index (χ1v) is 7.61. The number of nitrogens with one attached hydrogen (secondary N) is 2. The second kappa shape index (κ2) is 6.29. The molecule has 0 spiro atoms. The number of hydrogen-bond donors (Lipinski definition) is 2. The van der Waals surface area contributed by atoms with E-state index < -0.39 is 10.0 Å². The third kappa shape index (κ3) is 3.41. The molecule has 0 aliphatic heterocycles. The van der Waals surface area contributed by atoms with Crippen molar-refractivity contribution in [2.45, 2.75) is 18.2 Å². The third-order valence-corrected chi connectivity index (χ3v) is 3.84. The lowest BCUT2D eigenvalue weighted by atomic mass is 10.3. The zero-order chi connectivity index (χ0) is 14.4. The minimum Gasteiger partial charge on any atom is -0.384 e. The zero-order valence-electron chi connectivity index (χ0n) is 10.9. The van der Waals surface area contributed by atoms with Crippen LogP contribution in [0.4, 0.5) is 11.6 Å². The molecule has 106 valence electrons. The fourth-order valence-electron chi connectivity index (χ4n) is 1.58. The van der Waals surface area contributed by atoms with E-state index in [1.807, 2.05) is 6.92 Å². The van der Waals surface area contributed by atoms with E-state index in [4.69, 9.17) is 0 Å². The quantitative estimate of drug-likeness (QED) is 0.837. The van der Waals surface area contributed by atoms with Crippen molar-refractivity contribution in [2.24, 2.45) is 0 Å². The van der Waals surface area contributed by atoms with Crippen molar-refractivity contribution >= 4 is 21.7 Å². The van der Waals surface area contributed by atoms with Crippen LogP contribution >= 0.6 is 0 Å². The second-order valence-electron chi connectivity index (χ2n) is 3.99. The summed E-state index contributed by atoms with van der Waals surface area (Å²) in [6.07, 6.45) is 3.63. The Morgan fingerprint density at radius 2 is 2.00 bits per heavy atom. The first-order chi connectivity index (χ1) is 9.63. The van der Waals surface area contributed by atoms with Gasteiger partial charge in [0.2, 0.25) is 0 Å². The Morgan fingerprint density at radius 3 is 2.70 bits per heavy atom. The van der Waals surface area contributed by atoms with E-state index in [-0.39, 0.29) is 10.8 Å². The molecule has 1 aromatic heterocycles. The number of nitrogens with zero attached hydrogens (tertiary/aromatic N) is 3. The molecule has 0 saturated carbocycles. The van der Waals surface area contributed by atoms with E-state index in [0.717, 1.165) is 6.42 Å². The van der Waals surface area contributed by atoms with Gasteiger partial charge in [-0.25, -0.2) is 18.1 Å². The number of sulfonamides is 1. The van der Waals surface area contributed by atoms with Crippen LogP contribution in [-0.2, 0) is 10.0 Å². The molecule has 1 aromatic carbocycles. The molecule has 8 heteroatoms. The maximum atomic E-state index is 12.3. The molecule has 7 nitrogen and oxygen atoms in total. The Bertz CT molecular complexity index is 661. The molecule has 0 unspecified atom stereocenters. The molecular weight excluding hydrogens is 278 g/mol. The van der Waals surface area contributed by atoms with Gasteiger partial charge in [-0.2, -0.15) is 5.10 Å². The lowest BCUT2D eigenvalue weighted by Gasteiger charge is -2.12. The smallest absolute Gasteiger partial charge is 0.266 e. The van der Waals surface area contributed by atoms with E-state index in [9.17, 15) is 8.42 Å². The summed E-state index contributed by atoms with van der Waals surface area (Å²) in [6.45, 7) is 2.70. The predicted molar refractivity (Wildman–Crippen MR) is 75.9 cm³/mol. The van der Waals surface area contributed by atoms with Crippen LogP contribution < -0.4 is 10.0 Å². The zero-order valence-corrected chi connectivity index (χ0v) is 11.8. The predicted octanol–water partition coefficient (Wildman–Crippen LogP) is 1.49. The maximum absolute atomic E-state index is 12.3. The summed E-state index contributed by atoms with van der Waals surface area (Å²) < 4.78 is 27.0. The van der Waals surface area contributed by atoms with E-state index in [1.54, 1.807) is 18.2 Å². The monoisotopic (exact) mass is 293 g/mol. The van der Waals surface area contributed by atoms with Crippen molar-refractivity contribution < 1.29 is 8.42 Å². The van der Waals surface area contributed by atoms with E-state index in [2.05, 4.69) is 25.2 Å². The summed E-state index contributed by atoms with van der Waals surface area (Å²) in [5.74, 6) is -0.0576. The summed E-state index contributed by atoms with van der Waals surface area (Å²) in [7, 11) is -3.75. The Balaban J connectivity index is 2.30. The van der Waals surface area contributed by atoms with Crippen LogP contribution in [0, 0.1) is 0 Å². The molecular formula is C12H15N5O2S. The summed E-state index contributed by atoms with van der Waals surface area (Å²) in [4.78, 5) is 3.95. The van der Waals surface area contributed by atoms with Crippen molar-refractivity contribution in [1.29, 1.82) is 0 Å². The van der Waals surface area contributed by atoms with Gasteiger partial charge >= 0.3 is 0 Å². The van der Waals surface area contributed by atoms with E-state index in [1.165, 1.54) is 18.5 Å². The average molecular weight is 293 g/mol. The highest BCUT2D eigenvalue weighted by molar-refractivity contribution is 7.92. The van der Waals surface area contributed by atoms with Crippen LogP contribution in [0.15, 0.2) is 41.6 Å². The highest BCUT2D eigenvalue weighted by Crippen LogP contribution is 2.22. The molecule has 20 heavy (non-hydrogen) atoms. The van der Waals surface area contributed by atoms with Crippen LogP contribution in [0.25, 0.3) is 0 Å². The van der Waals surface area contributed by atoms with Gasteiger partial charge in [-0.1, -0.05) is 19.1 Å². The molecule has 2 rings (SSSR count). The van der Waals surface area contributed by atoms with Gasteiger partial charge in [0.15, 0.2) is 0 Å². The van der Waals surface area contributed by atoms with Gasteiger partial charge in [0.25, 0.3) is 16.0 Å². The number of hydrogen-bond acceptors (Lipinski definition) is 6. The van der Waals surface area contributed by atoms with Crippen molar-refractivity contribution in [3.63, 3.8) is 0 Å². The maximum Gasteiger partial charge on any atom is 0.266 e. The number of para-hydroxylation sites is 1. The lowest BCUT2D eigenvalue weighted by Crippen LogP contribution is -2.17. The lowest BCUT2D eigenvalue weighted by molar-refractivity contribution is 0.601. The fraction of sp³-hybridized carbons (Fsp3) is 0.250. The number of anilines is 2. The largest absolute Gasteiger partial charge is 0.384 e. The van der Waals surface area contributed by atoms with Crippen molar-refractivity contribution in [1.82, 2.24) is 15.2 Å². The van der Waals surface area contributed by atoms with Crippen LogP contribution in [0.3, 0.4) is 0 Å². The summed E-state index contributed by atoms with van der Waals surface area (Å²) in [5.41, 5.74) is 0.547. The molecule has 0 fully saturated rings. The van der Waals surface area contributed by atoms with Gasteiger partial charge < -0.3 is 5.32 Å². The van der Waals surface area contributed by atoms with Gasteiger partial charge in [-0.3, -0.25) is 0 Å². The Labute approximate surface area is 117 Å². The number of aromatic nitrogens is 3. The van der Waals surface area contributed by atoms with Gasteiger partial charge in [-0.15, -0.1) is 5.10 Å². The van der Waals surface area contributed by atoms with Crippen LogP contribution in [0.1, 0.15) is 13.3 Å². The number of benzene rings is 1. The van der Waals surface area contributed by atoms with Gasteiger partial charge in [0, 0.05) is 6.54 Å². The van der Waals surface area contributed by atoms with Crippen LogP contribution in [0.5, 0.6) is 0 Å². The van der Waals surface area contributed by atoms with Crippen molar-refractivity contribution in [2.75, 3.05) is 16.6 Å². The first kappa shape index (κ1) is 14.2. The summed E-state index contributed by atoms with van der Waals surface area (Å²) >= 11 is 0. The molecule has 0 saturated heterocycles. The van der Waals surface area contributed by atoms with Gasteiger partial charge in [-0.05, 0) is 18.6 Å². The van der Waals surface area contributed by atoms with Gasteiger partial charge in [0.05, 0.1) is 18.1 Å². The third-order valence-electron chi connectivity index (χ3n) is 2.45. The fourth-order valence-corrected chi connectivity index (χ4v) is 2.71. The first-order valence-electron chi connectivity index (χ1n) is 6.13. The average Bonchev–Trinajstić information content (AvgIpc) is 2.46. The molecule has 1 heterocycles. The van der Waals surface area contributed by atoms with Crippen molar-refractivity contribution in [3.8, 4) is 0 Å². The highest BCUT2D eigenvalue weighted by atomic mass is 32.2. The second-order valence-corrected chi connectivity index (χ2v) is 5.65. The Hall–Kier alpha value is -2.22. The normalized spacial score (nSPS) is 11.1. The SMILES string of the molecule is CCCNc1ccccc1S(=O)(=O)Nc1nccnn1. The molecule has 0 bridgehead atoms. The molecule has 0 radical (unpaired) electrons. The Kier molecular flexibility index (Phi) is 4.46. The van der Waals surface area contributed by atoms with Crippen LogP contribution in [0.2, 0.25) is 0 Å². The summed E-state index contributed by atoms with van der Waals surface area (Å²) in [5, 5.41) is 10.3. The minimum atomic E-state index is -3.75.